The third-order valence-electron chi connectivity index (χ3n) is 4.19. The second kappa shape index (κ2) is 5.13. The van der Waals surface area contributed by atoms with Gasteiger partial charge in [0.25, 0.3) is 0 Å². The van der Waals surface area contributed by atoms with Gasteiger partial charge < -0.3 is 19.9 Å². The molecule has 0 amide bonds. The summed E-state index contributed by atoms with van der Waals surface area (Å²) in [4.78, 5) is 0. The summed E-state index contributed by atoms with van der Waals surface area (Å²) in [6.07, 6.45) is 4.85. The highest BCUT2D eigenvalue weighted by molar-refractivity contribution is 5.58. The fourth-order valence-electron chi connectivity index (χ4n) is 3.22. The Hall–Kier alpha value is -1.49. The van der Waals surface area contributed by atoms with Crippen LogP contribution in [-0.2, 0) is 5.54 Å². The molecule has 5 heteroatoms. The van der Waals surface area contributed by atoms with Crippen molar-refractivity contribution in [1.82, 2.24) is 0 Å². The van der Waals surface area contributed by atoms with Crippen molar-refractivity contribution in [3.8, 4) is 17.2 Å². The van der Waals surface area contributed by atoms with Crippen LogP contribution in [0.2, 0.25) is 0 Å². The lowest BCUT2D eigenvalue weighted by Crippen LogP contribution is -2.40. The Bertz CT molecular complexity index is 512. The molecule has 0 saturated heterocycles. The zero-order valence-electron chi connectivity index (χ0n) is 11.7. The second-order valence-electron chi connectivity index (χ2n) is 5.51. The normalized spacial score (nSPS) is 20.6. The number of methoxy groups -OCH3 is 1. The van der Waals surface area contributed by atoms with E-state index in [1.165, 1.54) is 13.2 Å². The number of nitrogens with two attached hydrogens (primary N) is 1. The Morgan fingerprint density at radius 2 is 1.90 bits per heavy atom. The first kappa shape index (κ1) is 13.5. The molecule has 1 aliphatic carbocycles. The van der Waals surface area contributed by atoms with Crippen LogP contribution in [0.3, 0.4) is 0 Å². The van der Waals surface area contributed by atoms with E-state index in [0.717, 1.165) is 32.1 Å². The van der Waals surface area contributed by atoms with Crippen LogP contribution in [0.25, 0.3) is 0 Å². The van der Waals surface area contributed by atoms with E-state index in [9.17, 15) is 4.39 Å². The van der Waals surface area contributed by atoms with E-state index >= 15 is 0 Å². The van der Waals surface area contributed by atoms with Gasteiger partial charge in [-0.15, -0.1) is 0 Å². The molecule has 1 saturated carbocycles. The maximum absolute atomic E-state index is 14.2. The largest absolute Gasteiger partial charge is 0.493 e. The molecule has 4 nitrogen and oxygen atoms in total. The molecule has 0 unspecified atom stereocenters. The van der Waals surface area contributed by atoms with Crippen molar-refractivity contribution in [3.05, 3.63) is 17.4 Å². The highest BCUT2D eigenvalue weighted by Crippen LogP contribution is 2.49. The number of hydrogen-bond acceptors (Lipinski definition) is 4. The second-order valence-corrected chi connectivity index (χ2v) is 5.51. The van der Waals surface area contributed by atoms with Crippen molar-refractivity contribution >= 4 is 0 Å². The van der Waals surface area contributed by atoms with E-state index in [4.69, 9.17) is 19.9 Å². The monoisotopic (exact) mass is 281 g/mol. The Kier molecular flexibility index (Phi) is 3.46. The summed E-state index contributed by atoms with van der Waals surface area (Å²) >= 11 is 0. The quantitative estimate of drug-likeness (QED) is 0.905. The third kappa shape index (κ3) is 2.10. The molecule has 0 spiro atoms. The molecule has 0 atom stereocenters. The highest BCUT2D eigenvalue weighted by atomic mass is 19.1. The van der Waals surface area contributed by atoms with Crippen LogP contribution in [0.1, 0.15) is 37.7 Å². The zero-order valence-corrected chi connectivity index (χ0v) is 11.7. The standard InChI is InChI=1S/C15H20FNO3/c1-18-13-10(16)9-11-14(20-8-7-19-11)12(13)15(17)5-3-2-4-6-15/h9H,2-8,17H2,1H3. The van der Waals surface area contributed by atoms with Gasteiger partial charge in [-0.2, -0.15) is 0 Å². The number of fused-ring (bicyclic) bond motifs is 1. The van der Waals surface area contributed by atoms with Crippen molar-refractivity contribution in [1.29, 1.82) is 0 Å². The van der Waals surface area contributed by atoms with Crippen molar-refractivity contribution in [2.75, 3.05) is 20.3 Å². The van der Waals surface area contributed by atoms with Gasteiger partial charge in [-0.3, -0.25) is 0 Å². The summed E-state index contributed by atoms with van der Waals surface area (Å²) in [5.41, 5.74) is 6.60. The summed E-state index contributed by atoms with van der Waals surface area (Å²) in [6.45, 7) is 0.876. The van der Waals surface area contributed by atoms with E-state index < -0.39 is 11.4 Å². The van der Waals surface area contributed by atoms with Gasteiger partial charge in [-0.05, 0) is 12.8 Å². The number of hydrogen-bond donors (Lipinski definition) is 1. The minimum atomic E-state index is -0.601. The molecule has 1 heterocycles. The van der Waals surface area contributed by atoms with Gasteiger partial charge in [0.1, 0.15) is 13.2 Å². The maximum Gasteiger partial charge on any atom is 0.170 e. The molecule has 1 aliphatic heterocycles. The molecule has 2 aliphatic rings. The van der Waals surface area contributed by atoms with E-state index in [2.05, 4.69) is 0 Å². The van der Waals surface area contributed by atoms with Crippen LogP contribution in [0, 0.1) is 5.82 Å². The minimum Gasteiger partial charge on any atom is -0.493 e. The molecule has 1 aromatic rings. The van der Waals surface area contributed by atoms with Crippen LogP contribution in [-0.4, -0.2) is 20.3 Å². The van der Waals surface area contributed by atoms with Crippen LogP contribution >= 0.6 is 0 Å². The number of rotatable bonds is 2. The molecular formula is C15H20FNO3. The van der Waals surface area contributed by atoms with Gasteiger partial charge in [0.05, 0.1) is 12.7 Å². The Morgan fingerprint density at radius 3 is 2.60 bits per heavy atom. The smallest absolute Gasteiger partial charge is 0.170 e. The van der Waals surface area contributed by atoms with Gasteiger partial charge in [-0.25, -0.2) is 4.39 Å². The molecule has 3 rings (SSSR count). The van der Waals surface area contributed by atoms with Crippen LogP contribution in [0.5, 0.6) is 17.2 Å². The van der Waals surface area contributed by atoms with Crippen LogP contribution in [0.4, 0.5) is 4.39 Å². The predicted octanol–water partition coefficient (Wildman–Crippen LogP) is 2.72. The zero-order chi connectivity index (χ0) is 14.2. The predicted molar refractivity (Wildman–Crippen MR) is 72.9 cm³/mol. The number of benzene rings is 1. The molecule has 110 valence electrons. The fourth-order valence-corrected chi connectivity index (χ4v) is 3.22. The summed E-state index contributed by atoms with van der Waals surface area (Å²) in [5, 5.41) is 0. The first-order valence-corrected chi connectivity index (χ1v) is 7.11. The van der Waals surface area contributed by atoms with E-state index in [0.29, 0.717) is 30.3 Å². The summed E-state index contributed by atoms with van der Waals surface area (Å²) in [5.74, 6) is 0.736. The lowest BCUT2D eigenvalue weighted by Gasteiger charge is -2.37. The molecular weight excluding hydrogens is 261 g/mol. The van der Waals surface area contributed by atoms with Crippen molar-refractivity contribution in [3.63, 3.8) is 0 Å². The Balaban J connectivity index is 2.18. The average molecular weight is 281 g/mol. The molecule has 2 N–H and O–H groups in total. The SMILES string of the molecule is COc1c(F)cc2c(c1C1(N)CCCCC1)OCCO2. The van der Waals surface area contributed by atoms with Gasteiger partial charge in [0.15, 0.2) is 23.1 Å². The first-order valence-electron chi connectivity index (χ1n) is 7.11. The van der Waals surface area contributed by atoms with E-state index in [1.807, 2.05) is 0 Å². The molecule has 0 bridgehead atoms. The summed E-state index contributed by atoms with van der Waals surface area (Å²) < 4.78 is 30.7. The molecule has 20 heavy (non-hydrogen) atoms. The van der Waals surface area contributed by atoms with Gasteiger partial charge in [0.2, 0.25) is 0 Å². The highest BCUT2D eigenvalue weighted by Gasteiger charge is 2.39. The lowest BCUT2D eigenvalue weighted by atomic mass is 9.76. The van der Waals surface area contributed by atoms with Gasteiger partial charge >= 0.3 is 0 Å². The Morgan fingerprint density at radius 1 is 1.20 bits per heavy atom. The van der Waals surface area contributed by atoms with Gasteiger partial charge in [0, 0.05) is 11.6 Å². The van der Waals surface area contributed by atoms with Crippen molar-refractivity contribution in [2.45, 2.75) is 37.6 Å². The van der Waals surface area contributed by atoms with Crippen molar-refractivity contribution < 1.29 is 18.6 Å². The van der Waals surface area contributed by atoms with Crippen molar-refractivity contribution in [2.24, 2.45) is 5.73 Å². The van der Waals surface area contributed by atoms with E-state index in [-0.39, 0.29) is 5.75 Å². The van der Waals surface area contributed by atoms with Crippen LogP contribution < -0.4 is 19.9 Å². The molecule has 1 aromatic carbocycles. The summed E-state index contributed by atoms with van der Waals surface area (Å²) in [6, 6.07) is 1.32. The molecule has 1 fully saturated rings. The van der Waals surface area contributed by atoms with E-state index in [1.54, 1.807) is 0 Å². The fraction of sp³-hybridized carbons (Fsp3) is 0.600. The third-order valence-corrected chi connectivity index (χ3v) is 4.19. The average Bonchev–Trinajstić information content (AvgIpc) is 2.46. The van der Waals surface area contributed by atoms with Gasteiger partial charge in [-0.1, -0.05) is 19.3 Å². The minimum absolute atomic E-state index is 0.193. The number of ether oxygens (including phenoxy) is 3. The maximum atomic E-state index is 14.2. The first-order chi connectivity index (χ1) is 9.65. The Labute approximate surface area is 118 Å². The lowest BCUT2D eigenvalue weighted by molar-refractivity contribution is 0.160. The summed E-state index contributed by atoms with van der Waals surface area (Å²) in [7, 11) is 1.46. The molecule has 0 aromatic heterocycles. The van der Waals surface area contributed by atoms with Crippen LogP contribution in [0.15, 0.2) is 6.07 Å². The number of halogens is 1. The topological polar surface area (TPSA) is 53.7 Å². The molecule has 0 radical (unpaired) electrons.